The van der Waals surface area contributed by atoms with Crippen LogP contribution in [0.2, 0.25) is 5.02 Å². The number of rotatable bonds is 6. The molecule has 0 aromatic carbocycles. The molecule has 98 valence electrons. The molecule has 1 unspecified atom stereocenters. The Balaban J connectivity index is 2.67. The number of thioether (sulfide) groups is 1. The number of hydrogen-bond donors (Lipinski definition) is 1. The van der Waals surface area contributed by atoms with Crippen LogP contribution in [0.25, 0.3) is 0 Å². The fourth-order valence-corrected chi connectivity index (χ4v) is 2.65. The minimum absolute atomic E-state index is 0.140. The molecule has 1 heterocycles. The van der Waals surface area contributed by atoms with Crippen LogP contribution in [0.5, 0.6) is 0 Å². The van der Waals surface area contributed by atoms with Gasteiger partial charge < -0.3 is 5.73 Å². The summed E-state index contributed by atoms with van der Waals surface area (Å²) >= 11 is 8.14. The summed E-state index contributed by atoms with van der Waals surface area (Å²) in [7, 11) is 0. The Morgan fingerprint density at radius 1 is 1.47 bits per heavy atom. The third-order valence-corrected chi connectivity index (χ3v) is 4.33. The molecule has 0 fully saturated rings. The zero-order chi connectivity index (χ0) is 13.0. The van der Waals surface area contributed by atoms with Crippen molar-refractivity contribution in [1.82, 2.24) is 9.78 Å². The van der Waals surface area contributed by atoms with Gasteiger partial charge in [0.2, 0.25) is 0 Å². The number of aromatic nitrogens is 2. The molecule has 0 spiro atoms. The summed E-state index contributed by atoms with van der Waals surface area (Å²) in [5.41, 5.74) is 8.10. The zero-order valence-electron chi connectivity index (χ0n) is 11.0. The maximum atomic E-state index is 6.25. The van der Waals surface area contributed by atoms with Crippen molar-refractivity contribution in [1.29, 1.82) is 0 Å². The van der Waals surface area contributed by atoms with Crippen molar-refractivity contribution < 1.29 is 0 Å². The molecular weight excluding hydrogens is 254 g/mol. The second-order valence-corrected chi connectivity index (χ2v) is 6.50. The van der Waals surface area contributed by atoms with Gasteiger partial charge in [-0.2, -0.15) is 16.9 Å². The van der Waals surface area contributed by atoms with Crippen molar-refractivity contribution in [3.8, 4) is 0 Å². The van der Waals surface area contributed by atoms with E-state index in [4.69, 9.17) is 17.3 Å². The molecule has 0 aliphatic heterocycles. The van der Waals surface area contributed by atoms with Crippen LogP contribution in [0.1, 0.15) is 32.2 Å². The van der Waals surface area contributed by atoms with Gasteiger partial charge in [-0.25, -0.2) is 0 Å². The number of nitrogens with zero attached hydrogens (tertiary/aromatic N) is 2. The van der Waals surface area contributed by atoms with Crippen molar-refractivity contribution in [2.75, 3.05) is 5.75 Å². The van der Waals surface area contributed by atoms with Crippen LogP contribution >= 0.6 is 23.4 Å². The molecule has 0 bridgehead atoms. The van der Waals surface area contributed by atoms with Gasteiger partial charge in [-0.3, -0.25) is 4.68 Å². The monoisotopic (exact) mass is 275 g/mol. The summed E-state index contributed by atoms with van der Waals surface area (Å²) in [5.74, 6) is 0.960. The lowest BCUT2D eigenvalue weighted by Crippen LogP contribution is -2.27. The molecule has 1 atom stereocenters. The van der Waals surface area contributed by atoms with E-state index in [1.165, 1.54) is 0 Å². The van der Waals surface area contributed by atoms with E-state index < -0.39 is 0 Å². The first-order valence-corrected chi connectivity index (χ1v) is 7.47. The minimum Gasteiger partial charge on any atom is -0.327 e. The Bertz CT molecular complexity index is 363. The molecule has 0 aliphatic rings. The molecule has 2 N–H and O–H groups in total. The highest BCUT2D eigenvalue weighted by molar-refractivity contribution is 7.99. The Hall–Kier alpha value is -0.190. The van der Waals surface area contributed by atoms with Crippen LogP contribution in [-0.2, 0) is 13.0 Å². The number of nitrogens with two attached hydrogens (primary N) is 1. The van der Waals surface area contributed by atoms with E-state index in [1.807, 2.05) is 23.4 Å². The molecule has 0 amide bonds. The van der Waals surface area contributed by atoms with Gasteiger partial charge in [-0.15, -0.1) is 0 Å². The summed E-state index contributed by atoms with van der Waals surface area (Å²) < 4.78 is 1.96. The molecule has 0 saturated heterocycles. The summed E-state index contributed by atoms with van der Waals surface area (Å²) in [6.45, 7) is 9.22. The lowest BCUT2D eigenvalue weighted by Gasteiger charge is -2.14. The van der Waals surface area contributed by atoms with Crippen LogP contribution < -0.4 is 5.73 Å². The molecule has 17 heavy (non-hydrogen) atoms. The smallest absolute Gasteiger partial charge is 0.0847 e. The highest BCUT2D eigenvalue weighted by atomic mass is 35.5. The normalized spacial score (nSPS) is 13.4. The van der Waals surface area contributed by atoms with E-state index in [9.17, 15) is 0 Å². The summed E-state index contributed by atoms with van der Waals surface area (Å²) in [6.07, 6.45) is 0.799. The lowest BCUT2D eigenvalue weighted by atomic mass is 10.2. The van der Waals surface area contributed by atoms with Gasteiger partial charge in [0, 0.05) is 24.8 Å². The molecular formula is C12H22ClN3S. The van der Waals surface area contributed by atoms with Crippen molar-refractivity contribution in [2.24, 2.45) is 5.73 Å². The Labute approximate surface area is 113 Å². The van der Waals surface area contributed by atoms with E-state index in [2.05, 4.69) is 25.9 Å². The van der Waals surface area contributed by atoms with Gasteiger partial charge in [0.25, 0.3) is 0 Å². The molecule has 0 radical (unpaired) electrons. The average Bonchev–Trinajstić information content (AvgIpc) is 2.54. The highest BCUT2D eigenvalue weighted by Crippen LogP contribution is 2.22. The highest BCUT2D eigenvalue weighted by Gasteiger charge is 2.15. The molecule has 5 heteroatoms. The maximum Gasteiger partial charge on any atom is 0.0847 e. The fourth-order valence-electron chi connectivity index (χ4n) is 1.69. The average molecular weight is 276 g/mol. The predicted molar refractivity (Wildman–Crippen MR) is 76.9 cm³/mol. The minimum atomic E-state index is 0.140. The summed E-state index contributed by atoms with van der Waals surface area (Å²) in [5, 5.41) is 5.79. The largest absolute Gasteiger partial charge is 0.327 e. The van der Waals surface area contributed by atoms with Crippen LogP contribution in [0.4, 0.5) is 0 Å². The van der Waals surface area contributed by atoms with Crippen molar-refractivity contribution >= 4 is 23.4 Å². The molecule has 0 saturated carbocycles. The van der Waals surface area contributed by atoms with Gasteiger partial charge in [0.15, 0.2) is 0 Å². The van der Waals surface area contributed by atoms with E-state index >= 15 is 0 Å². The molecule has 1 rings (SSSR count). The SMILES string of the molecule is CCn1nc(C)c(Cl)c1CC(N)CSC(C)C. The van der Waals surface area contributed by atoms with Gasteiger partial charge in [-0.1, -0.05) is 25.4 Å². The lowest BCUT2D eigenvalue weighted by molar-refractivity contribution is 0.594. The Morgan fingerprint density at radius 2 is 2.12 bits per heavy atom. The van der Waals surface area contributed by atoms with Crippen LogP contribution in [-0.4, -0.2) is 26.8 Å². The van der Waals surface area contributed by atoms with Crippen LogP contribution in [0.3, 0.4) is 0 Å². The predicted octanol–water partition coefficient (Wildman–Crippen LogP) is 2.88. The molecule has 1 aromatic heterocycles. The molecule has 0 aliphatic carbocycles. The fraction of sp³-hybridized carbons (Fsp3) is 0.750. The van der Waals surface area contributed by atoms with Gasteiger partial charge >= 0.3 is 0 Å². The van der Waals surface area contributed by atoms with E-state index in [1.54, 1.807) is 0 Å². The third-order valence-electron chi connectivity index (χ3n) is 2.55. The van der Waals surface area contributed by atoms with E-state index in [0.717, 1.165) is 35.1 Å². The number of hydrogen-bond acceptors (Lipinski definition) is 3. The molecule has 3 nitrogen and oxygen atoms in total. The second kappa shape index (κ2) is 6.66. The van der Waals surface area contributed by atoms with Gasteiger partial charge in [-0.05, 0) is 19.1 Å². The van der Waals surface area contributed by atoms with E-state index in [-0.39, 0.29) is 6.04 Å². The summed E-state index contributed by atoms with van der Waals surface area (Å²) in [4.78, 5) is 0. The van der Waals surface area contributed by atoms with Gasteiger partial charge in [0.1, 0.15) is 0 Å². The summed E-state index contributed by atoms with van der Waals surface area (Å²) in [6, 6.07) is 0.140. The number of halogens is 1. The number of aryl methyl sites for hydroxylation is 2. The third kappa shape index (κ3) is 4.19. The standard InChI is InChI=1S/C12H22ClN3S/c1-5-16-11(12(13)9(4)15-16)6-10(14)7-17-8(2)3/h8,10H,5-7,14H2,1-4H3. The first-order valence-electron chi connectivity index (χ1n) is 6.04. The first-order chi connectivity index (χ1) is 7.95. The maximum absolute atomic E-state index is 6.25. The van der Waals surface area contributed by atoms with Gasteiger partial charge in [0.05, 0.1) is 16.4 Å². The zero-order valence-corrected chi connectivity index (χ0v) is 12.6. The quantitative estimate of drug-likeness (QED) is 0.868. The van der Waals surface area contributed by atoms with Crippen LogP contribution in [0, 0.1) is 6.92 Å². The Morgan fingerprint density at radius 3 is 2.65 bits per heavy atom. The Kier molecular flexibility index (Phi) is 5.83. The first kappa shape index (κ1) is 14.9. The van der Waals surface area contributed by atoms with Crippen LogP contribution in [0.15, 0.2) is 0 Å². The molecule has 1 aromatic rings. The second-order valence-electron chi connectivity index (χ2n) is 4.51. The van der Waals surface area contributed by atoms with Crippen molar-refractivity contribution in [3.05, 3.63) is 16.4 Å². The van der Waals surface area contributed by atoms with Crippen molar-refractivity contribution in [3.63, 3.8) is 0 Å². The topological polar surface area (TPSA) is 43.8 Å². The van der Waals surface area contributed by atoms with Crippen molar-refractivity contribution in [2.45, 2.75) is 52.0 Å². The van der Waals surface area contributed by atoms with E-state index in [0.29, 0.717) is 5.25 Å².